The first-order valence-electron chi connectivity index (χ1n) is 5.73. The molecule has 2 aromatic heterocycles. The number of hydrogen-bond donors (Lipinski definition) is 1. The summed E-state index contributed by atoms with van der Waals surface area (Å²) in [7, 11) is 0. The van der Waals surface area contributed by atoms with Crippen LogP contribution in [0.15, 0.2) is 24.7 Å². The van der Waals surface area contributed by atoms with Gasteiger partial charge < -0.3 is 5.32 Å². The standard InChI is InChI=1S/C12H16N4/c1-12(2,9-3-4-9)15-11-10-5-6-14-16(10)8-7-13-11/h5-9H,3-4H2,1-2H3,(H,13,15). The number of fused-ring (bicyclic) bond motifs is 1. The molecule has 4 heteroatoms. The summed E-state index contributed by atoms with van der Waals surface area (Å²) in [5, 5.41) is 7.74. The van der Waals surface area contributed by atoms with Crippen molar-refractivity contribution < 1.29 is 0 Å². The number of aromatic nitrogens is 3. The average Bonchev–Trinajstić information content (AvgIpc) is 2.98. The maximum atomic E-state index is 4.40. The zero-order valence-electron chi connectivity index (χ0n) is 9.64. The van der Waals surface area contributed by atoms with Crippen LogP contribution in [0.3, 0.4) is 0 Å². The lowest BCUT2D eigenvalue weighted by atomic mass is 9.99. The Morgan fingerprint density at radius 3 is 2.94 bits per heavy atom. The van der Waals surface area contributed by atoms with Gasteiger partial charge in [-0.05, 0) is 38.7 Å². The van der Waals surface area contributed by atoms with Crippen LogP contribution in [0.1, 0.15) is 26.7 Å². The molecular formula is C12H16N4. The van der Waals surface area contributed by atoms with E-state index in [1.807, 2.05) is 16.8 Å². The van der Waals surface area contributed by atoms with E-state index < -0.39 is 0 Å². The third-order valence-electron chi connectivity index (χ3n) is 3.36. The highest BCUT2D eigenvalue weighted by atomic mass is 15.2. The summed E-state index contributed by atoms with van der Waals surface area (Å²) in [5.41, 5.74) is 1.16. The monoisotopic (exact) mass is 216 g/mol. The Balaban J connectivity index is 1.96. The molecule has 0 bridgehead atoms. The number of anilines is 1. The number of hydrogen-bond acceptors (Lipinski definition) is 3. The van der Waals surface area contributed by atoms with E-state index in [0.29, 0.717) is 0 Å². The quantitative estimate of drug-likeness (QED) is 0.856. The summed E-state index contributed by atoms with van der Waals surface area (Å²) in [6.45, 7) is 4.48. The fourth-order valence-electron chi connectivity index (χ4n) is 2.17. The largest absolute Gasteiger partial charge is 0.363 e. The van der Waals surface area contributed by atoms with Gasteiger partial charge in [0, 0.05) is 17.9 Å². The van der Waals surface area contributed by atoms with Gasteiger partial charge in [-0.2, -0.15) is 5.10 Å². The highest BCUT2D eigenvalue weighted by Gasteiger charge is 2.38. The van der Waals surface area contributed by atoms with Crippen molar-refractivity contribution in [2.45, 2.75) is 32.2 Å². The molecule has 1 aliphatic rings. The second-order valence-electron chi connectivity index (χ2n) is 5.06. The van der Waals surface area contributed by atoms with Gasteiger partial charge in [-0.1, -0.05) is 0 Å². The molecule has 84 valence electrons. The highest BCUT2D eigenvalue weighted by Crippen LogP contribution is 2.41. The molecule has 2 heterocycles. The van der Waals surface area contributed by atoms with Gasteiger partial charge in [0.2, 0.25) is 0 Å². The van der Waals surface area contributed by atoms with Gasteiger partial charge in [-0.15, -0.1) is 0 Å². The first kappa shape index (κ1) is 9.63. The fraction of sp³-hybridized carbons (Fsp3) is 0.500. The van der Waals surface area contributed by atoms with Crippen LogP contribution in [0.4, 0.5) is 5.82 Å². The molecule has 0 spiro atoms. The summed E-state index contributed by atoms with van der Waals surface area (Å²) in [4.78, 5) is 4.40. The van der Waals surface area contributed by atoms with Gasteiger partial charge in [0.25, 0.3) is 0 Å². The molecule has 0 saturated heterocycles. The first-order valence-corrected chi connectivity index (χ1v) is 5.73. The molecule has 3 rings (SSSR count). The van der Waals surface area contributed by atoms with Crippen molar-refractivity contribution in [1.29, 1.82) is 0 Å². The number of nitrogens with zero attached hydrogens (tertiary/aromatic N) is 3. The van der Waals surface area contributed by atoms with Crippen molar-refractivity contribution >= 4 is 11.3 Å². The summed E-state index contributed by atoms with van der Waals surface area (Å²) in [6, 6.07) is 1.98. The Labute approximate surface area is 94.7 Å². The highest BCUT2D eigenvalue weighted by molar-refractivity contribution is 5.67. The van der Waals surface area contributed by atoms with Gasteiger partial charge in [-0.3, -0.25) is 0 Å². The third kappa shape index (κ3) is 1.54. The van der Waals surface area contributed by atoms with Crippen LogP contribution in [-0.4, -0.2) is 20.1 Å². The molecule has 0 radical (unpaired) electrons. The second-order valence-corrected chi connectivity index (χ2v) is 5.06. The maximum Gasteiger partial charge on any atom is 0.152 e. The molecule has 2 aromatic rings. The van der Waals surface area contributed by atoms with Crippen LogP contribution in [0, 0.1) is 5.92 Å². The molecule has 0 aromatic carbocycles. The molecule has 1 saturated carbocycles. The first-order chi connectivity index (χ1) is 7.67. The van der Waals surface area contributed by atoms with E-state index in [4.69, 9.17) is 0 Å². The molecule has 4 nitrogen and oxygen atoms in total. The van der Waals surface area contributed by atoms with Crippen LogP contribution in [-0.2, 0) is 0 Å². The minimum Gasteiger partial charge on any atom is -0.363 e. The van der Waals surface area contributed by atoms with E-state index in [0.717, 1.165) is 17.3 Å². The summed E-state index contributed by atoms with van der Waals surface area (Å²) >= 11 is 0. The van der Waals surface area contributed by atoms with Gasteiger partial charge in [0.1, 0.15) is 5.52 Å². The molecule has 0 amide bonds. The van der Waals surface area contributed by atoms with Crippen LogP contribution >= 0.6 is 0 Å². The van der Waals surface area contributed by atoms with E-state index in [1.165, 1.54) is 12.8 Å². The molecule has 0 unspecified atom stereocenters. The SMILES string of the molecule is CC(C)(Nc1nccn2nccc12)C1CC1. The molecule has 0 aliphatic heterocycles. The van der Waals surface area contributed by atoms with Gasteiger partial charge in [0.15, 0.2) is 5.82 Å². The van der Waals surface area contributed by atoms with Crippen LogP contribution in [0.25, 0.3) is 5.52 Å². The van der Waals surface area contributed by atoms with Gasteiger partial charge in [-0.25, -0.2) is 9.50 Å². The fourth-order valence-corrected chi connectivity index (χ4v) is 2.17. The van der Waals surface area contributed by atoms with Crippen LogP contribution < -0.4 is 5.32 Å². The second kappa shape index (κ2) is 3.20. The maximum absolute atomic E-state index is 4.40. The van der Waals surface area contributed by atoms with E-state index in [9.17, 15) is 0 Å². The van der Waals surface area contributed by atoms with Crippen molar-refractivity contribution in [3.8, 4) is 0 Å². The van der Waals surface area contributed by atoms with Crippen molar-refractivity contribution in [3.05, 3.63) is 24.7 Å². The van der Waals surface area contributed by atoms with Gasteiger partial charge >= 0.3 is 0 Å². The van der Waals surface area contributed by atoms with Crippen molar-refractivity contribution in [2.75, 3.05) is 5.32 Å². The lowest BCUT2D eigenvalue weighted by molar-refractivity contribution is 0.493. The molecule has 1 fully saturated rings. The number of rotatable bonds is 3. The Kier molecular flexibility index (Phi) is 1.93. The average molecular weight is 216 g/mol. The topological polar surface area (TPSA) is 42.2 Å². The summed E-state index contributed by atoms with van der Waals surface area (Å²) in [6.07, 6.45) is 8.09. The summed E-state index contributed by atoms with van der Waals surface area (Å²) in [5.74, 6) is 1.70. The third-order valence-corrected chi connectivity index (χ3v) is 3.36. The predicted molar refractivity (Wildman–Crippen MR) is 63.4 cm³/mol. The lowest BCUT2D eigenvalue weighted by Crippen LogP contribution is -2.33. The molecule has 16 heavy (non-hydrogen) atoms. The molecule has 0 atom stereocenters. The predicted octanol–water partition coefficient (Wildman–Crippen LogP) is 2.33. The molecule has 1 aliphatic carbocycles. The van der Waals surface area contributed by atoms with Crippen LogP contribution in [0.5, 0.6) is 0 Å². The Morgan fingerprint density at radius 1 is 1.38 bits per heavy atom. The van der Waals surface area contributed by atoms with Crippen molar-refractivity contribution in [1.82, 2.24) is 14.6 Å². The Morgan fingerprint density at radius 2 is 2.19 bits per heavy atom. The minimum absolute atomic E-state index is 0.124. The molecular weight excluding hydrogens is 200 g/mol. The van der Waals surface area contributed by atoms with Crippen molar-refractivity contribution in [2.24, 2.45) is 5.92 Å². The van der Waals surface area contributed by atoms with E-state index in [1.54, 1.807) is 12.4 Å². The van der Waals surface area contributed by atoms with Crippen molar-refractivity contribution in [3.63, 3.8) is 0 Å². The smallest absolute Gasteiger partial charge is 0.152 e. The van der Waals surface area contributed by atoms with E-state index in [-0.39, 0.29) is 5.54 Å². The number of nitrogens with one attached hydrogen (secondary N) is 1. The van der Waals surface area contributed by atoms with Crippen LogP contribution in [0.2, 0.25) is 0 Å². The Hall–Kier alpha value is -1.58. The van der Waals surface area contributed by atoms with E-state index >= 15 is 0 Å². The van der Waals surface area contributed by atoms with Gasteiger partial charge in [0.05, 0.1) is 6.20 Å². The summed E-state index contributed by atoms with van der Waals surface area (Å²) < 4.78 is 1.85. The van der Waals surface area contributed by atoms with E-state index in [2.05, 4.69) is 29.2 Å². The Bertz CT molecular complexity index is 510. The zero-order chi connectivity index (χ0) is 11.2. The lowest BCUT2D eigenvalue weighted by Gasteiger charge is -2.27. The minimum atomic E-state index is 0.124. The molecule has 1 N–H and O–H groups in total. The zero-order valence-corrected chi connectivity index (χ0v) is 9.64. The normalized spacial score (nSPS) is 16.6.